The summed E-state index contributed by atoms with van der Waals surface area (Å²) < 4.78 is 0. The third kappa shape index (κ3) is 2.23. The molecule has 1 aliphatic rings. The molecule has 0 saturated heterocycles. The zero-order valence-corrected chi connectivity index (χ0v) is 10.7. The van der Waals surface area contributed by atoms with Crippen LogP contribution in [0.1, 0.15) is 31.2 Å². The standard InChI is InChI=1S/C12H18N4O/c1-7(2)10-13-6-8-5-9(12(17)16(3)4)14-11(8)15-10/h6-7,9H,5H2,1-4H3,(H,13,14,15)/t9-/m0/s1. The number of amides is 1. The van der Waals surface area contributed by atoms with Crippen molar-refractivity contribution in [1.82, 2.24) is 14.9 Å². The van der Waals surface area contributed by atoms with Crippen LogP contribution in [0.5, 0.6) is 0 Å². The predicted molar refractivity (Wildman–Crippen MR) is 65.9 cm³/mol. The van der Waals surface area contributed by atoms with Gasteiger partial charge in [0, 0.05) is 38.2 Å². The fraction of sp³-hybridized carbons (Fsp3) is 0.583. The van der Waals surface area contributed by atoms with Crippen LogP contribution in [0.3, 0.4) is 0 Å². The van der Waals surface area contributed by atoms with E-state index in [2.05, 4.69) is 29.1 Å². The van der Waals surface area contributed by atoms with Crippen molar-refractivity contribution in [2.45, 2.75) is 32.2 Å². The molecule has 0 bridgehead atoms. The number of carbonyl (C=O) groups excluding carboxylic acids is 1. The highest BCUT2D eigenvalue weighted by Gasteiger charge is 2.29. The van der Waals surface area contributed by atoms with Gasteiger partial charge in [-0.3, -0.25) is 4.79 Å². The summed E-state index contributed by atoms with van der Waals surface area (Å²) in [5, 5.41) is 3.17. The van der Waals surface area contributed by atoms with Crippen LogP contribution in [0.15, 0.2) is 6.20 Å². The number of nitrogens with one attached hydrogen (secondary N) is 1. The summed E-state index contributed by atoms with van der Waals surface area (Å²) in [5.74, 6) is 2.00. The highest BCUT2D eigenvalue weighted by molar-refractivity contribution is 5.86. The number of anilines is 1. The summed E-state index contributed by atoms with van der Waals surface area (Å²) in [5.41, 5.74) is 1.02. The SMILES string of the molecule is CC(C)c1ncc2c(n1)N[C@H](C(=O)N(C)C)C2. The van der Waals surface area contributed by atoms with E-state index in [9.17, 15) is 4.79 Å². The van der Waals surface area contributed by atoms with Crippen LogP contribution in [0.4, 0.5) is 5.82 Å². The molecule has 2 rings (SSSR count). The van der Waals surface area contributed by atoms with Gasteiger partial charge in [0.25, 0.3) is 0 Å². The van der Waals surface area contributed by atoms with Gasteiger partial charge in [-0.2, -0.15) is 0 Å². The molecule has 0 spiro atoms. The van der Waals surface area contributed by atoms with Crippen LogP contribution < -0.4 is 5.32 Å². The molecule has 0 aromatic carbocycles. The fourth-order valence-electron chi connectivity index (χ4n) is 1.87. The largest absolute Gasteiger partial charge is 0.358 e. The Balaban J connectivity index is 2.19. The second kappa shape index (κ2) is 4.31. The van der Waals surface area contributed by atoms with Gasteiger partial charge in [0.05, 0.1) is 0 Å². The highest BCUT2D eigenvalue weighted by Crippen LogP contribution is 2.25. The minimum absolute atomic E-state index is 0.0779. The fourth-order valence-corrected chi connectivity index (χ4v) is 1.87. The number of nitrogens with zero attached hydrogens (tertiary/aromatic N) is 3. The van der Waals surface area contributed by atoms with Crippen LogP contribution in [0, 0.1) is 0 Å². The monoisotopic (exact) mass is 234 g/mol. The molecule has 1 amide bonds. The van der Waals surface area contributed by atoms with E-state index >= 15 is 0 Å². The van der Waals surface area contributed by atoms with Gasteiger partial charge in [-0.15, -0.1) is 0 Å². The Bertz CT molecular complexity index is 442. The number of carbonyl (C=O) groups is 1. The molecule has 5 nitrogen and oxygen atoms in total. The van der Waals surface area contributed by atoms with E-state index in [0.29, 0.717) is 12.3 Å². The second-order valence-electron chi connectivity index (χ2n) is 4.89. The van der Waals surface area contributed by atoms with Crippen molar-refractivity contribution in [2.24, 2.45) is 0 Å². The maximum atomic E-state index is 11.8. The van der Waals surface area contributed by atoms with Gasteiger partial charge in [0.2, 0.25) is 5.91 Å². The lowest BCUT2D eigenvalue weighted by Crippen LogP contribution is -2.37. The number of hydrogen-bond acceptors (Lipinski definition) is 4. The van der Waals surface area contributed by atoms with Gasteiger partial charge in [-0.05, 0) is 0 Å². The second-order valence-corrected chi connectivity index (χ2v) is 4.89. The zero-order valence-electron chi connectivity index (χ0n) is 10.7. The van der Waals surface area contributed by atoms with E-state index in [-0.39, 0.29) is 11.9 Å². The minimum atomic E-state index is -0.197. The van der Waals surface area contributed by atoms with Gasteiger partial charge in [-0.1, -0.05) is 13.8 Å². The van der Waals surface area contributed by atoms with Gasteiger partial charge in [0.15, 0.2) is 0 Å². The van der Waals surface area contributed by atoms with E-state index in [0.717, 1.165) is 17.2 Å². The van der Waals surface area contributed by atoms with Crippen LogP contribution in [-0.2, 0) is 11.2 Å². The van der Waals surface area contributed by atoms with Crippen molar-refractivity contribution < 1.29 is 4.79 Å². The van der Waals surface area contributed by atoms with Crippen molar-refractivity contribution in [3.05, 3.63) is 17.6 Å². The van der Waals surface area contributed by atoms with Gasteiger partial charge in [-0.25, -0.2) is 9.97 Å². The molecule has 1 aromatic rings. The third-order valence-electron chi connectivity index (χ3n) is 2.87. The maximum absolute atomic E-state index is 11.8. The Labute approximate surface area is 101 Å². The topological polar surface area (TPSA) is 58.1 Å². The summed E-state index contributed by atoms with van der Waals surface area (Å²) in [6.07, 6.45) is 2.50. The maximum Gasteiger partial charge on any atom is 0.244 e. The number of aromatic nitrogens is 2. The summed E-state index contributed by atoms with van der Waals surface area (Å²) in [7, 11) is 3.52. The Kier molecular flexibility index (Phi) is 3.00. The molecule has 0 unspecified atom stereocenters. The molecule has 17 heavy (non-hydrogen) atoms. The first-order chi connectivity index (χ1) is 7.99. The highest BCUT2D eigenvalue weighted by atomic mass is 16.2. The molecule has 0 radical (unpaired) electrons. The number of hydrogen-bond donors (Lipinski definition) is 1. The van der Waals surface area contributed by atoms with Gasteiger partial charge >= 0.3 is 0 Å². The normalized spacial score (nSPS) is 17.8. The zero-order chi connectivity index (χ0) is 12.6. The van der Waals surface area contributed by atoms with E-state index in [1.165, 1.54) is 0 Å². The molecule has 1 N–H and O–H groups in total. The van der Waals surface area contributed by atoms with Crippen LogP contribution in [0.2, 0.25) is 0 Å². The average molecular weight is 234 g/mol. The lowest BCUT2D eigenvalue weighted by atomic mass is 10.1. The quantitative estimate of drug-likeness (QED) is 0.830. The molecular weight excluding hydrogens is 216 g/mol. The summed E-state index contributed by atoms with van der Waals surface area (Å²) in [6.45, 7) is 4.11. The molecule has 0 fully saturated rings. The van der Waals surface area contributed by atoms with Crippen molar-refractivity contribution >= 4 is 11.7 Å². The summed E-state index contributed by atoms with van der Waals surface area (Å²) >= 11 is 0. The molecule has 0 aliphatic carbocycles. The van der Waals surface area contributed by atoms with Crippen LogP contribution in [0.25, 0.3) is 0 Å². The molecule has 2 heterocycles. The summed E-state index contributed by atoms with van der Waals surface area (Å²) in [4.78, 5) is 22.2. The van der Waals surface area contributed by atoms with Crippen molar-refractivity contribution in [3.8, 4) is 0 Å². The Morgan fingerprint density at radius 3 is 2.82 bits per heavy atom. The van der Waals surface area contributed by atoms with Crippen LogP contribution in [-0.4, -0.2) is 40.9 Å². The summed E-state index contributed by atoms with van der Waals surface area (Å²) in [6, 6.07) is -0.197. The molecule has 5 heteroatoms. The third-order valence-corrected chi connectivity index (χ3v) is 2.87. The first-order valence-electron chi connectivity index (χ1n) is 5.82. The van der Waals surface area contributed by atoms with E-state index < -0.39 is 0 Å². The lowest BCUT2D eigenvalue weighted by molar-refractivity contribution is -0.129. The van der Waals surface area contributed by atoms with Crippen molar-refractivity contribution in [1.29, 1.82) is 0 Å². The predicted octanol–water partition coefficient (Wildman–Crippen LogP) is 1.02. The average Bonchev–Trinajstić information content (AvgIpc) is 2.69. The van der Waals surface area contributed by atoms with E-state index in [1.54, 1.807) is 19.0 Å². The molecule has 0 saturated carbocycles. The smallest absolute Gasteiger partial charge is 0.244 e. The molecular formula is C12H18N4O. The van der Waals surface area contributed by atoms with Crippen LogP contribution >= 0.6 is 0 Å². The molecule has 1 atom stereocenters. The van der Waals surface area contributed by atoms with E-state index in [4.69, 9.17) is 0 Å². The number of fused-ring (bicyclic) bond motifs is 1. The first kappa shape index (κ1) is 11.8. The lowest BCUT2D eigenvalue weighted by Gasteiger charge is -2.16. The Morgan fingerprint density at radius 1 is 1.53 bits per heavy atom. The van der Waals surface area contributed by atoms with Crippen molar-refractivity contribution in [2.75, 3.05) is 19.4 Å². The van der Waals surface area contributed by atoms with Gasteiger partial charge < -0.3 is 10.2 Å². The Morgan fingerprint density at radius 2 is 2.24 bits per heavy atom. The molecule has 1 aliphatic heterocycles. The molecule has 1 aromatic heterocycles. The van der Waals surface area contributed by atoms with Gasteiger partial charge in [0.1, 0.15) is 17.7 Å². The first-order valence-corrected chi connectivity index (χ1v) is 5.82. The molecule has 92 valence electrons. The number of rotatable bonds is 2. The van der Waals surface area contributed by atoms with Crippen molar-refractivity contribution in [3.63, 3.8) is 0 Å². The van der Waals surface area contributed by atoms with E-state index in [1.807, 2.05) is 6.20 Å². The minimum Gasteiger partial charge on any atom is -0.358 e. The number of likely N-dealkylation sites (N-methyl/N-ethyl adjacent to an activating group) is 1. The Hall–Kier alpha value is -1.65.